The Hall–Kier alpha value is -5.40. The molecule has 7 aromatic rings. The Morgan fingerprint density at radius 2 is 1.29 bits per heavy atom. The van der Waals surface area contributed by atoms with Gasteiger partial charge in [0.25, 0.3) is 0 Å². The van der Waals surface area contributed by atoms with Crippen molar-refractivity contribution < 1.29 is 56.6 Å². The smallest absolute Gasteiger partial charge is 0.338 e. The number of esters is 1. The van der Waals surface area contributed by atoms with Crippen molar-refractivity contribution in [3.8, 4) is 0 Å². The molecule has 4 heterocycles. The summed E-state index contributed by atoms with van der Waals surface area (Å²) in [5.41, 5.74) is 21.4. The number of nitrogens with zero attached hydrogens (tertiary/aromatic N) is 4. The summed E-state index contributed by atoms with van der Waals surface area (Å²) in [6.45, 7) is 26.9. The summed E-state index contributed by atoms with van der Waals surface area (Å²) in [7, 11) is 1.38. The molecule has 4 unspecified atom stereocenters. The van der Waals surface area contributed by atoms with Crippen LogP contribution >= 0.6 is 31.9 Å². The Balaban J connectivity index is 0.000000202. The van der Waals surface area contributed by atoms with E-state index in [2.05, 4.69) is 124 Å². The first-order valence-electron chi connectivity index (χ1n) is 25.2. The van der Waals surface area contributed by atoms with Crippen LogP contribution in [0.2, 0.25) is 0 Å². The van der Waals surface area contributed by atoms with Crippen LogP contribution in [0.3, 0.4) is 0 Å². The number of Topliss-reactive ketones (excluding diaryl/α,β-unsaturated/α-hetero) is 2. The number of hydrogen-bond donors (Lipinski definition) is 1. The number of hydrogen-bond acceptors (Lipinski definition) is 10. The molecular weight excluding hydrogens is 1160 g/mol. The molecule has 0 amide bonds. The second-order valence-corrected chi connectivity index (χ2v) is 21.0. The van der Waals surface area contributed by atoms with Gasteiger partial charge in [-0.3, -0.25) is 29.5 Å². The third-order valence-corrected chi connectivity index (χ3v) is 16.1. The van der Waals surface area contributed by atoms with Crippen molar-refractivity contribution in [1.29, 1.82) is 0 Å². The van der Waals surface area contributed by atoms with Crippen LogP contribution in [0, 0.1) is 73.1 Å². The van der Waals surface area contributed by atoms with E-state index in [0.717, 1.165) is 83.6 Å². The number of ketones is 3. The minimum absolute atomic E-state index is 0. The maximum Gasteiger partial charge on any atom is 0.338 e. The Kier molecular flexibility index (Phi) is 24.4. The van der Waals surface area contributed by atoms with Gasteiger partial charge in [-0.05, 0) is 193 Å². The first-order chi connectivity index (χ1) is 35.7. The molecule has 0 bridgehead atoms. The van der Waals surface area contributed by atoms with Gasteiger partial charge in [0.1, 0.15) is 5.78 Å². The van der Waals surface area contributed by atoms with E-state index >= 15 is 0 Å². The largest absolute Gasteiger partial charge is 0.465 e. The number of carbonyl (C=O) groups is 4. The zero-order valence-electron chi connectivity index (χ0n) is 45.8. The van der Waals surface area contributed by atoms with E-state index in [0.29, 0.717) is 42.1 Å². The van der Waals surface area contributed by atoms with Gasteiger partial charge in [0.15, 0.2) is 11.6 Å². The zero-order chi connectivity index (χ0) is 55.3. The Bertz CT molecular complexity index is 3310. The second kappa shape index (κ2) is 29.4. The van der Waals surface area contributed by atoms with Gasteiger partial charge in [-0.15, -0.1) is 6.42 Å². The molecule has 1 saturated carbocycles. The molecule has 4 atom stereocenters. The molecule has 1 radical (unpaired) electrons. The molecule has 395 valence electrons. The molecule has 0 spiro atoms. The fraction of sp³-hybridized carbons (Fsp3) is 0.317. The Labute approximate surface area is 491 Å². The molecule has 0 saturated heterocycles. The van der Waals surface area contributed by atoms with Gasteiger partial charge in [0.05, 0.1) is 35.3 Å². The fourth-order valence-corrected chi connectivity index (χ4v) is 10.4. The van der Waals surface area contributed by atoms with E-state index < -0.39 is 0 Å². The van der Waals surface area contributed by atoms with Gasteiger partial charge in [-0.1, -0.05) is 69.1 Å². The summed E-state index contributed by atoms with van der Waals surface area (Å²) in [5, 5.41) is 3.50. The van der Waals surface area contributed by atoms with E-state index in [9.17, 15) is 19.2 Å². The molecule has 1 fully saturated rings. The van der Waals surface area contributed by atoms with Crippen LogP contribution < -0.4 is 5.73 Å². The average Bonchev–Trinajstić information content (AvgIpc) is 3.78. The maximum absolute atomic E-state index is 11.8. The van der Waals surface area contributed by atoms with Crippen LogP contribution in [-0.2, 0) is 53.5 Å². The van der Waals surface area contributed by atoms with Gasteiger partial charge in [-0.2, -0.15) is 0 Å². The number of nitrogens with two attached hydrogens (primary N) is 1. The van der Waals surface area contributed by atoms with Gasteiger partial charge in [0.2, 0.25) is 0 Å². The molecule has 2 aliphatic carbocycles. The number of carbonyl (C=O) groups excluding carboxylic acids is 4. The number of ether oxygens (including phenoxy) is 1. The number of aryl methyl sites for hydroxylation is 7. The Morgan fingerprint density at radius 3 is 1.83 bits per heavy atom. The number of rotatable bonds is 4. The minimum Gasteiger partial charge on any atom is -0.465 e. The summed E-state index contributed by atoms with van der Waals surface area (Å²) in [6, 6.07) is 22.2. The van der Waals surface area contributed by atoms with Gasteiger partial charge < -0.3 is 22.2 Å². The third-order valence-electron chi connectivity index (χ3n) is 14.4. The van der Waals surface area contributed by atoms with E-state index in [1.165, 1.54) is 58.7 Å². The van der Waals surface area contributed by atoms with Crippen molar-refractivity contribution in [2.45, 2.75) is 107 Å². The number of allylic oxidation sites excluding steroid dienone is 2. The summed E-state index contributed by atoms with van der Waals surface area (Å²) in [4.78, 5) is 62.5. The predicted molar refractivity (Wildman–Crippen MR) is 316 cm³/mol. The summed E-state index contributed by atoms with van der Waals surface area (Å²) >= 11 is 6.87. The van der Waals surface area contributed by atoms with Gasteiger partial charge in [-0.25, -0.2) is 4.79 Å². The van der Waals surface area contributed by atoms with Crippen LogP contribution in [-0.4, -0.2) is 57.6 Å². The van der Waals surface area contributed by atoms with Crippen LogP contribution in [0.15, 0.2) is 124 Å². The number of halogens is 2. The predicted octanol–water partition coefficient (Wildman–Crippen LogP) is 15.2. The van der Waals surface area contributed by atoms with Gasteiger partial charge >= 0.3 is 5.97 Å². The van der Waals surface area contributed by atoms with Crippen molar-refractivity contribution in [1.82, 2.24) is 15.0 Å². The molecule has 1 aliphatic heterocycles. The van der Waals surface area contributed by atoms with Gasteiger partial charge in [0, 0.05) is 112 Å². The molecule has 10 nitrogen and oxygen atoms in total. The van der Waals surface area contributed by atoms with E-state index in [4.69, 9.17) is 10.5 Å². The van der Waals surface area contributed by atoms with Crippen molar-refractivity contribution in [3.63, 3.8) is 0 Å². The van der Waals surface area contributed by atoms with Crippen LogP contribution in [0.5, 0.6) is 0 Å². The summed E-state index contributed by atoms with van der Waals surface area (Å²) in [6.07, 6.45) is 14.8. The monoisotopic (exact) mass is 1220 g/mol. The topological polar surface area (TPSA) is 155 Å². The van der Waals surface area contributed by atoms with Crippen molar-refractivity contribution >= 4 is 99.8 Å². The molecule has 3 aliphatic rings. The van der Waals surface area contributed by atoms with Crippen molar-refractivity contribution in [2.75, 3.05) is 12.8 Å². The zero-order valence-corrected chi connectivity index (χ0v) is 51.8. The van der Waals surface area contributed by atoms with Crippen LogP contribution in [0.4, 0.5) is 5.69 Å². The first kappa shape index (κ1) is 63.1. The summed E-state index contributed by atoms with van der Waals surface area (Å²) in [5.74, 6) is 1.40. The quantitative estimate of drug-likeness (QED) is 0.0785. The molecular formula is C63H70Br2N5O5Y-. The van der Waals surface area contributed by atoms with E-state index in [1.807, 2.05) is 88.8 Å². The number of methoxy groups -OCH3 is 1. The second-order valence-electron chi connectivity index (χ2n) is 19.3. The number of fused-ring (bicyclic) bond motifs is 5. The number of dihydropyridines is 1. The number of pyridine rings is 3. The molecule has 4 aromatic carbocycles. The number of aromatic nitrogens is 3. The SMILES string of the molecule is C=CC(C)=O.COC(=O)c1ccc2c(C)ccnc2c1C.Cc1c(N)cccc1Br.Cc1ccnc2c(C)c(Br)ccc12.Cc1ccnc2c(C)c3c(cc12)CCC3=O.[CH2-]CC(=O)C1CCC2C(C)=CC=NC2C1C.[Y]. The molecule has 13 heteroatoms. The first-order valence-corrected chi connectivity index (χ1v) is 26.8. The minimum atomic E-state index is -0.317. The fourth-order valence-electron chi connectivity index (χ4n) is 9.70. The average molecular weight is 1230 g/mol. The standard InChI is InChI=1S/C14H13NO.C14H20NO.C13H13NO2.C11H10BrN.C7H8BrN.C4H6O.Y/c1-8-5-6-15-14-9(2)13-10(7-11(8)14)3-4-12(13)16;1-4-13(16)12-6-5-11-9(2)7-8-15-14(11)10(12)3;1-8-6-7-14-12-9(2)11(13(15)16-3)5-4-10(8)12;1-7-5-6-13-11-8(2)10(12)4-3-9(7)11;1-5-6(8)3-2-4-7(5)9;1-3-4(2)5;/h5-7H,3-4H2,1-2H3;7-8,10-12,14H,1,4-6H2,2-3H3;4-7H,1-3H3;3-6H,1-2H3;2-4H,9H2,1H3;3H,1H2,2H3;/q;-1;;;;;. The van der Waals surface area contributed by atoms with E-state index in [-0.39, 0.29) is 56.2 Å². The normalized spacial score (nSPS) is 16.6. The molecule has 76 heavy (non-hydrogen) atoms. The number of benzene rings is 4. The van der Waals surface area contributed by atoms with Crippen molar-refractivity contribution in [3.05, 3.63) is 181 Å². The van der Waals surface area contributed by atoms with E-state index in [1.54, 1.807) is 12.3 Å². The van der Waals surface area contributed by atoms with Crippen LogP contribution in [0.1, 0.15) is 112 Å². The molecule has 2 N–H and O–H groups in total. The van der Waals surface area contributed by atoms with Crippen molar-refractivity contribution in [2.24, 2.45) is 22.7 Å². The van der Waals surface area contributed by atoms with Crippen LogP contribution in [0.25, 0.3) is 32.7 Å². The Morgan fingerprint density at radius 1 is 0.750 bits per heavy atom. The molecule has 10 rings (SSSR count). The summed E-state index contributed by atoms with van der Waals surface area (Å²) < 4.78 is 6.92. The number of aliphatic imine (C=N–C) groups is 1. The number of anilines is 1. The number of nitrogen functional groups attached to an aromatic ring is 1. The maximum atomic E-state index is 11.8. The third kappa shape index (κ3) is 15.4. The molecule has 3 aromatic heterocycles.